The number of hydrazine groups is 1. The molecule has 0 unspecified atom stereocenters. The van der Waals surface area contributed by atoms with Crippen LogP contribution in [0.3, 0.4) is 0 Å². The number of amides is 1. The lowest BCUT2D eigenvalue weighted by Crippen LogP contribution is -2.30. The van der Waals surface area contributed by atoms with Crippen molar-refractivity contribution in [2.24, 2.45) is 11.8 Å². The van der Waals surface area contributed by atoms with E-state index in [2.05, 4.69) is 10.4 Å². The van der Waals surface area contributed by atoms with E-state index >= 15 is 0 Å². The fourth-order valence-electron chi connectivity index (χ4n) is 2.27. The minimum Gasteiger partial charge on any atom is -0.289 e. The Morgan fingerprint density at radius 3 is 2.94 bits per heavy atom. The highest BCUT2D eigenvalue weighted by Crippen LogP contribution is 2.28. The summed E-state index contributed by atoms with van der Waals surface area (Å²) in [6, 6.07) is 5.48. The average molecular weight is 265 g/mol. The molecular weight excluding hydrogens is 246 g/mol. The number of rotatable bonds is 5. The van der Waals surface area contributed by atoms with Gasteiger partial charge in [0.2, 0.25) is 0 Å². The van der Waals surface area contributed by atoms with Crippen LogP contribution >= 0.6 is 11.8 Å². The smallest absolute Gasteiger partial charge is 0.283 e. The zero-order valence-electron chi connectivity index (χ0n) is 10.4. The summed E-state index contributed by atoms with van der Waals surface area (Å²) < 4.78 is 0. The first-order chi connectivity index (χ1) is 8.79. The summed E-state index contributed by atoms with van der Waals surface area (Å²) in [4.78, 5) is 15.6. The second-order valence-electron chi connectivity index (χ2n) is 4.65. The Labute approximate surface area is 112 Å². The quantitative estimate of drug-likeness (QED) is 0.486. The molecule has 1 fully saturated rings. The van der Waals surface area contributed by atoms with Gasteiger partial charge in [-0.2, -0.15) is 11.8 Å². The van der Waals surface area contributed by atoms with E-state index in [1.807, 2.05) is 23.9 Å². The van der Waals surface area contributed by atoms with Crippen LogP contribution < -0.4 is 11.3 Å². The molecule has 0 radical (unpaired) electrons. The molecule has 1 aromatic rings. The lowest BCUT2D eigenvalue weighted by Gasteiger charge is -2.08. The third kappa shape index (κ3) is 3.71. The molecule has 1 aliphatic rings. The predicted molar refractivity (Wildman–Crippen MR) is 74.0 cm³/mol. The van der Waals surface area contributed by atoms with Crippen molar-refractivity contribution in [2.75, 3.05) is 5.75 Å². The summed E-state index contributed by atoms with van der Waals surface area (Å²) in [5.74, 6) is 7.70. The Morgan fingerprint density at radius 2 is 2.22 bits per heavy atom. The summed E-state index contributed by atoms with van der Waals surface area (Å²) in [7, 11) is 0. The van der Waals surface area contributed by atoms with Crippen LogP contribution in [0, 0.1) is 5.92 Å². The van der Waals surface area contributed by atoms with Gasteiger partial charge in [-0.25, -0.2) is 10.8 Å². The number of nitrogens with zero attached hydrogens (tertiary/aromatic N) is 1. The molecule has 1 heterocycles. The first-order valence-electron chi connectivity index (χ1n) is 6.34. The van der Waals surface area contributed by atoms with Gasteiger partial charge in [0.15, 0.2) is 0 Å². The van der Waals surface area contributed by atoms with Gasteiger partial charge in [-0.1, -0.05) is 18.9 Å². The molecular formula is C13H19N3OS. The number of hydrogen-bond acceptors (Lipinski definition) is 4. The molecule has 4 nitrogen and oxygen atoms in total. The standard InChI is InChI=1S/C13H19N3OS/c14-16-13(17)12-7-3-6-11(15-12)9-18-8-10-4-1-2-5-10/h3,6-7,10H,1-2,4-5,8-9,14H2,(H,16,17). The third-order valence-electron chi connectivity index (χ3n) is 3.25. The highest BCUT2D eigenvalue weighted by atomic mass is 32.2. The topological polar surface area (TPSA) is 68.0 Å². The number of carbonyl (C=O) groups is 1. The van der Waals surface area contributed by atoms with Gasteiger partial charge in [0.25, 0.3) is 5.91 Å². The minimum absolute atomic E-state index is 0.336. The minimum atomic E-state index is -0.336. The van der Waals surface area contributed by atoms with Crippen molar-refractivity contribution in [1.29, 1.82) is 0 Å². The van der Waals surface area contributed by atoms with Gasteiger partial charge >= 0.3 is 0 Å². The second-order valence-corrected chi connectivity index (χ2v) is 5.68. The largest absolute Gasteiger partial charge is 0.289 e. The molecule has 0 aliphatic heterocycles. The van der Waals surface area contributed by atoms with E-state index in [-0.39, 0.29) is 5.91 Å². The van der Waals surface area contributed by atoms with E-state index in [0.717, 1.165) is 17.4 Å². The number of hydrogen-bond donors (Lipinski definition) is 2. The van der Waals surface area contributed by atoms with Gasteiger partial charge in [0.05, 0.1) is 5.69 Å². The molecule has 0 atom stereocenters. The Morgan fingerprint density at radius 1 is 1.44 bits per heavy atom. The van der Waals surface area contributed by atoms with E-state index in [4.69, 9.17) is 5.84 Å². The molecule has 98 valence electrons. The molecule has 0 saturated heterocycles. The van der Waals surface area contributed by atoms with Gasteiger partial charge in [-0.05, 0) is 36.6 Å². The fourth-order valence-corrected chi connectivity index (χ4v) is 3.42. The Hall–Kier alpha value is -1.07. The molecule has 0 spiro atoms. The maximum Gasteiger partial charge on any atom is 0.283 e. The van der Waals surface area contributed by atoms with Crippen LogP contribution in [0.15, 0.2) is 18.2 Å². The zero-order valence-corrected chi connectivity index (χ0v) is 11.2. The number of aromatic nitrogens is 1. The van der Waals surface area contributed by atoms with Crippen molar-refractivity contribution in [3.8, 4) is 0 Å². The first kappa shape index (κ1) is 13.4. The van der Waals surface area contributed by atoms with Crippen molar-refractivity contribution in [3.05, 3.63) is 29.6 Å². The zero-order chi connectivity index (χ0) is 12.8. The van der Waals surface area contributed by atoms with Gasteiger partial charge in [0.1, 0.15) is 5.69 Å². The van der Waals surface area contributed by atoms with Crippen molar-refractivity contribution in [1.82, 2.24) is 10.4 Å². The lowest BCUT2D eigenvalue weighted by molar-refractivity contribution is 0.0948. The van der Waals surface area contributed by atoms with E-state index < -0.39 is 0 Å². The van der Waals surface area contributed by atoms with Crippen LogP contribution in [0.25, 0.3) is 0 Å². The van der Waals surface area contributed by atoms with Crippen molar-refractivity contribution in [2.45, 2.75) is 31.4 Å². The fraction of sp³-hybridized carbons (Fsp3) is 0.538. The number of nitrogens with two attached hydrogens (primary N) is 1. The van der Waals surface area contributed by atoms with Gasteiger partial charge in [-0.15, -0.1) is 0 Å². The highest BCUT2D eigenvalue weighted by molar-refractivity contribution is 7.98. The van der Waals surface area contributed by atoms with Crippen LogP contribution in [-0.4, -0.2) is 16.6 Å². The summed E-state index contributed by atoms with van der Waals surface area (Å²) in [6.07, 6.45) is 5.51. The number of carbonyl (C=O) groups excluding carboxylic acids is 1. The molecule has 1 aromatic heterocycles. The van der Waals surface area contributed by atoms with Crippen LogP contribution in [-0.2, 0) is 5.75 Å². The van der Waals surface area contributed by atoms with Crippen molar-refractivity contribution in [3.63, 3.8) is 0 Å². The predicted octanol–water partition coefficient (Wildman–Crippen LogP) is 2.11. The van der Waals surface area contributed by atoms with Crippen LogP contribution in [0.2, 0.25) is 0 Å². The Kier molecular flexibility index (Phi) is 5.01. The Bertz CT molecular complexity index is 405. The highest BCUT2D eigenvalue weighted by Gasteiger charge is 2.14. The third-order valence-corrected chi connectivity index (χ3v) is 4.46. The monoisotopic (exact) mass is 265 g/mol. The average Bonchev–Trinajstić information content (AvgIpc) is 2.91. The van der Waals surface area contributed by atoms with E-state index in [1.165, 1.54) is 31.4 Å². The molecule has 5 heteroatoms. The number of nitrogen functional groups attached to an aromatic ring is 1. The molecule has 1 amide bonds. The van der Waals surface area contributed by atoms with Gasteiger partial charge in [0, 0.05) is 5.75 Å². The normalized spacial score (nSPS) is 15.8. The van der Waals surface area contributed by atoms with E-state index in [1.54, 1.807) is 6.07 Å². The molecule has 1 saturated carbocycles. The van der Waals surface area contributed by atoms with Crippen molar-refractivity contribution >= 4 is 17.7 Å². The van der Waals surface area contributed by atoms with Crippen molar-refractivity contribution < 1.29 is 4.79 Å². The molecule has 1 aliphatic carbocycles. The molecule has 0 aromatic carbocycles. The molecule has 18 heavy (non-hydrogen) atoms. The van der Waals surface area contributed by atoms with E-state index in [9.17, 15) is 4.79 Å². The van der Waals surface area contributed by atoms with Crippen LogP contribution in [0.5, 0.6) is 0 Å². The summed E-state index contributed by atoms with van der Waals surface area (Å²) in [5, 5.41) is 0. The van der Waals surface area contributed by atoms with Crippen LogP contribution in [0.1, 0.15) is 41.9 Å². The van der Waals surface area contributed by atoms with Gasteiger partial charge in [-0.3, -0.25) is 10.2 Å². The molecule has 3 N–H and O–H groups in total. The SMILES string of the molecule is NNC(=O)c1cccc(CSCC2CCCC2)n1. The number of thioether (sulfide) groups is 1. The summed E-state index contributed by atoms with van der Waals surface area (Å²) >= 11 is 1.91. The lowest BCUT2D eigenvalue weighted by atomic mass is 10.1. The molecule has 0 bridgehead atoms. The summed E-state index contributed by atoms with van der Waals surface area (Å²) in [5.41, 5.74) is 3.43. The maximum atomic E-state index is 11.3. The van der Waals surface area contributed by atoms with Crippen LogP contribution in [0.4, 0.5) is 0 Å². The first-order valence-corrected chi connectivity index (χ1v) is 7.49. The maximum absolute atomic E-state index is 11.3. The molecule has 2 rings (SSSR count). The summed E-state index contributed by atoms with van der Waals surface area (Å²) in [6.45, 7) is 0. The Balaban J connectivity index is 1.83. The van der Waals surface area contributed by atoms with E-state index in [0.29, 0.717) is 5.69 Å². The second kappa shape index (κ2) is 6.75. The van der Waals surface area contributed by atoms with Gasteiger partial charge < -0.3 is 0 Å². The number of pyridine rings is 1. The number of nitrogens with one attached hydrogen (secondary N) is 1.